The van der Waals surface area contributed by atoms with Crippen LogP contribution in [0.3, 0.4) is 0 Å². The first-order valence-corrected chi connectivity index (χ1v) is 7.14. The topological polar surface area (TPSA) is 12.9 Å². The Morgan fingerprint density at radius 2 is 1.80 bits per heavy atom. The summed E-state index contributed by atoms with van der Waals surface area (Å²) in [4.78, 5) is 4.43. The fourth-order valence-electron chi connectivity index (χ4n) is 2.73. The van der Waals surface area contributed by atoms with Crippen molar-refractivity contribution < 1.29 is 0 Å². The highest BCUT2D eigenvalue weighted by Crippen LogP contribution is 2.29. The van der Waals surface area contributed by atoms with Gasteiger partial charge in [0.2, 0.25) is 0 Å². The number of rotatable bonds is 4. The zero-order valence-electron chi connectivity index (χ0n) is 11.8. The second-order valence-corrected chi connectivity index (χ2v) is 5.36. The molecule has 1 nitrogen and oxygen atoms in total. The van der Waals surface area contributed by atoms with Crippen molar-refractivity contribution in [1.29, 1.82) is 0 Å². The maximum Gasteiger partial charge on any atom is 0.0412 e. The molecular weight excluding hydrogens is 242 g/mol. The molecular formula is C19H19N. The first-order chi connectivity index (χ1) is 9.83. The third-order valence-corrected chi connectivity index (χ3v) is 3.99. The summed E-state index contributed by atoms with van der Waals surface area (Å²) in [6, 6.07) is 16.8. The van der Waals surface area contributed by atoms with Crippen molar-refractivity contribution in [3.8, 4) is 0 Å². The van der Waals surface area contributed by atoms with Crippen molar-refractivity contribution in [1.82, 2.24) is 4.98 Å². The van der Waals surface area contributed by atoms with E-state index in [0.29, 0.717) is 5.92 Å². The van der Waals surface area contributed by atoms with Crippen LogP contribution in [0.15, 0.2) is 78.0 Å². The monoisotopic (exact) mass is 261 g/mol. The first kappa shape index (κ1) is 12.9. The molecule has 0 saturated carbocycles. The average molecular weight is 261 g/mol. The van der Waals surface area contributed by atoms with Crippen LogP contribution < -0.4 is 0 Å². The van der Waals surface area contributed by atoms with Gasteiger partial charge in [-0.15, -0.1) is 0 Å². The normalized spacial score (nSPS) is 17.8. The van der Waals surface area contributed by atoms with Gasteiger partial charge in [-0.3, -0.25) is 4.98 Å². The van der Waals surface area contributed by atoms with E-state index in [1.54, 1.807) is 0 Å². The van der Waals surface area contributed by atoms with Gasteiger partial charge in [-0.1, -0.05) is 54.1 Å². The molecule has 0 aliphatic heterocycles. The third-order valence-electron chi connectivity index (χ3n) is 3.99. The smallest absolute Gasteiger partial charge is 0.0412 e. The quantitative estimate of drug-likeness (QED) is 0.796. The van der Waals surface area contributed by atoms with Crippen molar-refractivity contribution >= 4 is 0 Å². The van der Waals surface area contributed by atoms with Crippen LogP contribution in [0.2, 0.25) is 0 Å². The maximum atomic E-state index is 4.43. The van der Waals surface area contributed by atoms with Crippen LogP contribution in [-0.2, 0) is 12.8 Å². The Morgan fingerprint density at radius 3 is 2.55 bits per heavy atom. The van der Waals surface area contributed by atoms with E-state index in [2.05, 4.69) is 66.5 Å². The molecule has 0 bridgehead atoms. The summed E-state index contributed by atoms with van der Waals surface area (Å²) in [6.45, 7) is 2.26. The molecule has 1 atom stereocenters. The van der Waals surface area contributed by atoms with Gasteiger partial charge in [0.05, 0.1) is 0 Å². The summed E-state index contributed by atoms with van der Waals surface area (Å²) >= 11 is 0. The van der Waals surface area contributed by atoms with Gasteiger partial charge >= 0.3 is 0 Å². The molecule has 0 fully saturated rings. The Balaban J connectivity index is 1.73. The minimum absolute atomic E-state index is 0.503. The molecule has 0 amide bonds. The van der Waals surface area contributed by atoms with E-state index in [4.69, 9.17) is 0 Å². The number of benzene rings is 1. The molecule has 0 spiro atoms. The summed E-state index contributed by atoms with van der Waals surface area (Å²) in [5.41, 5.74) is 5.49. The number of hydrogen-bond acceptors (Lipinski definition) is 1. The van der Waals surface area contributed by atoms with Gasteiger partial charge < -0.3 is 0 Å². The summed E-state index contributed by atoms with van der Waals surface area (Å²) in [5.74, 6) is 0.503. The Bertz CT molecular complexity index is 623. The summed E-state index contributed by atoms with van der Waals surface area (Å²) in [6.07, 6.45) is 8.51. The van der Waals surface area contributed by atoms with Gasteiger partial charge in [0, 0.05) is 17.8 Å². The van der Waals surface area contributed by atoms with Crippen LogP contribution >= 0.6 is 0 Å². The van der Waals surface area contributed by atoms with Gasteiger partial charge in [0.25, 0.3) is 0 Å². The number of aromatic nitrogens is 1. The van der Waals surface area contributed by atoms with E-state index in [1.807, 2.05) is 12.3 Å². The minimum Gasteiger partial charge on any atom is -0.261 e. The van der Waals surface area contributed by atoms with Crippen LogP contribution in [-0.4, -0.2) is 4.98 Å². The summed E-state index contributed by atoms with van der Waals surface area (Å²) < 4.78 is 0. The van der Waals surface area contributed by atoms with Crippen LogP contribution in [0.4, 0.5) is 0 Å². The molecule has 1 heterocycles. The summed E-state index contributed by atoms with van der Waals surface area (Å²) in [7, 11) is 0. The van der Waals surface area contributed by atoms with E-state index >= 15 is 0 Å². The highest BCUT2D eigenvalue weighted by atomic mass is 14.7. The van der Waals surface area contributed by atoms with Crippen molar-refractivity contribution in [2.24, 2.45) is 5.92 Å². The highest BCUT2D eigenvalue weighted by molar-refractivity contribution is 5.40. The van der Waals surface area contributed by atoms with Gasteiger partial charge in [-0.25, -0.2) is 0 Å². The van der Waals surface area contributed by atoms with Gasteiger partial charge in [-0.05, 0) is 43.0 Å². The third kappa shape index (κ3) is 2.88. The zero-order valence-corrected chi connectivity index (χ0v) is 11.8. The SMILES string of the molecule is CC1=C(Cc2ccccc2)C=CC1Cc1ccccn1. The van der Waals surface area contributed by atoms with E-state index in [9.17, 15) is 0 Å². The molecule has 2 aromatic rings. The summed E-state index contributed by atoms with van der Waals surface area (Å²) in [5, 5.41) is 0. The van der Waals surface area contributed by atoms with Crippen LogP contribution in [0, 0.1) is 5.92 Å². The second-order valence-electron chi connectivity index (χ2n) is 5.36. The van der Waals surface area contributed by atoms with Crippen LogP contribution in [0.25, 0.3) is 0 Å². The zero-order chi connectivity index (χ0) is 13.8. The average Bonchev–Trinajstić information content (AvgIpc) is 2.83. The molecule has 1 aromatic heterocycles. The predicted octanol–water partition coefficient (Wildman–Crippen LogP) is 4.37. The Morgan fingerprint density at radius 1 is 1.00 bits per heavy atom. The van der Waals surface area contributed by atoms with Gasteiger partial charge in [-0.2, -0.15) is 0 Å². The van der Waals surface area contributed by atoms with Crippen molar-refractivity contribution in [3.05, 3.63) is 89.3 Å². The molecule has 0 saturated heterocycles. The number of nitrogens with zero attached hydrogens (tertiary/aromatic N) is 1. The molecule has 1 aliphatic carbocycles. The second kappa shape index (κ2) is 5.87. The predicted molar refractivity (Wildman–Crippen MR) is 83.4 cm³/mol. The fourth-order valence-corrected chi connectivity index (χ4v) is 2.73. The molecule has 100 valence electrons. The fraction of sp³-hybridized carbons (Fsp3) is 0.211. The van der Waals surface area contributed by atoms with Crippen molar-refractivity contribution in [2.75, 3.05) is 0 Å². The van der Waals surface area contributed by atoms with E-state index in [-0.39, 0.29) is 0 Å². The lowest BCUT2D eigenvalue weighted by atomic mass is 9.95. The van der Waals surface area contributed by atoms with Crippen molar-refractivity contribution in [2.45, 2.75) is 19.8 Å². The highest BCUT2D eigenvalue weighted by Gasteiger charge is 2.17. The van der Waals surface area contributed by atoms with E-state index in [1.165, 1.54) is 22.4 Å². The van der Waals surface area contributed by atoms with Crippen LogP contribution in [0.1, 0.15) is 18.2 Å². The van der Waals surface area contributed by atoms with Crippen molar-refractivity contribution in [3.63, 3.8) is 0 Å². The molecule has 1 aliphatic rings. The first-order valence-electron chi connectivity index (χ1n) is 7.14. The number of allylic oxidation sites excluding steroid dienone is 4. The number of hydrogen-bond donors (Lipinski definition) is 0. The standard InChI is InChI=1S/C19H19N/c1-15-17(13-16-7-3-2-4-8-16)10-11-18(15)14-19-9-5-6-12-20-19/h2-12,18H,13-14H2,1H3. The van der Waals surface area contributed by atoms with Crippen LogP contribution in [0.5, 0.6) is 0 Å². The lowest BCUT2D eigenvalue weighted by Gasteiger charge is -2.11. The molecule has 0 N–H and O–H groups in total. The number of pyridine rings is 1. The molecule has 1 unspecified atom stereocenters. The molecule has 0 radical (unpaired) electrons. The molecule has 3 rings (SSSR count). The van der Waals surface area contributed by atoms with E-state index in [0.717, 1.165) is 12.8 Å². The van der Waals surface area contributed by atoms with Gasteiger partial charge in [0.1, 0.15) is 0 Å². The lowest BCUT2D eigenvalue weighted by Crippen LogP contribution is -2.03. The lowest BCUT2D eigenvalue weighted by molar-refractivity contribution is 0.741. The van der Waals surface area contributed by atoms with E-state index < -0.39 is 0 Å². The maximum absolute atomic E-state index is 4.43. The Labute approximate surface area is 120 Å². The molecule has 1 heteroatoms. The Kier molecular flexibility index (Phi) is 3.78. The Hall–Kier alpha value is -2.15. The minimum atomic E-state index is 0.503. The molecule has 20 heavy (non-hydrogen) atoms. The van der Waals surface area contributed by atoms with Gasteiger partial charge in [0.15, 0.2) is 0 Å². The largest absolute Gasteiger partial charge is 0.261 e. The molecule has 1 aromatic carbocycles.